The molecule has 0 unspecified atom stereocenters. The van der Waals surface area contributed by atoms with Crippen molar-refractivity contribution >= 4 is 35.8 Å². The largest absolute Gasteiger partial charge is 0.394 e. The zero-order valence-electron chi connectivity index (χ0n) is 20.5. The monoisotopic (exact) mass is 498 g/mol. The average Bonchev–Trinajstić information content (AvgIpc) is 3.37. The first kappa shape index (κ1) is 30.0. The van der Waals surface area contributed by atoms with E-state index in [1.165, 1.54) is 6.92 Å². The van der Waals surface area contributed by atoms with Crippen LogP contribution in [-0.2, 0) is 28.8 Å². The first-order chi connectivity index (χ1) is 16.5. The number of primary amides is 1. The van der Waals surface area contributed by atoms with E-state index in [9.17, 15) is 28.8 Å². The molecule has 35 heavy (non-hydrogen) atoms. The molecule has 1 aliphatic rings. The maximum atomic E-state index is 13.1. The minimum atomic E-state index is -1.21. The highest BCUT2D eigenvalue weighted by Crippen LogP contribution is 2.12. The van der Waals surface area contributed by atoms with Gasteiger partial charge < -0.3 is 42.2 Å². The third-order valence-electron chi connectivity index (χ3n) is 5.92. The predicted octanol–water partition coefficient (Wildman–Crippen LogP) is -2.80. The highest BCUT2D eigenvalue weighted by atomic mass is 16.3. The third kappa shape index (κ3) is 9.99. The third-order valence-corrected chi connectivity index (χ3v) is 5.92. The van der Waals surface area contributed by atoms with Crippen molar-refractivity contribution < 1.29 is 33.9 Å². The number of carbonyl (C=O) groups excluding carboxylic acids is 6. The Morgan fingerprint density at radius 1 is 1.06 bits per heavy atom. The number of rotatable bonds is 15. The Balaban J connectivity index is 2.92. The van der Waals surface area contributed by atoms with Gasteiger partial charge in [-0.3, -0.25) is 24.0 Å². The molecule has 1 rings (SSSR count). The SMILES string of the molecule is CC[C@H](C)[C@H](NC(=O)[C@@H]1CCCN1)C(=O)N[C@@H](CCC(N)=O)C(=O)N[C@@H](C)C(=O)N[C@H](C=O)CO. The van der Waals surface area contributed by atoms with Crippen molar-refractivity contribution in [2.75, 3.05) is 13.2 Å². The summed E-state index contributed by atoms with van der Waals surface area (Å²) in [7, 11) is 0. The van der Waals surface area contributed by atoms with Crippen molar-refractivity contribution in [1.82, 2.24) is 26.6 Å². The Hall–Kier alpha value is -3.06. The smallest absolute Gasteiger partial charge is 0.243 e. The maximum Gasteiger partial charge on any atom is 0.243 e. The van der Waals surface area contributed by atoms with Gasteiger partial charge in [-0.1, -0.05) is 20.3 Å². The van der Waals surface area contributed by atoms with Crippen molar-refractivity contribution in [2.45, 2.75) is 83.1 Å². The minimum absolute atomic E-state index is 0.125. The van der Waals surface area contributed by atoms with Crippen LogP contribution in [0.3, 0.4) is 0 Å². The number of hydrogen-bond donors (Lipinski definition) is 7. The molecule has 1 saturated heterocycles. The Morgan fingerprint density at radius 2 is 1.74 bits per heavy atom. The van der Waals surface area contributed by atoms with Crippen molar-refractivity contribution in [3.8, 4) is 0 Å². The number of aliphatic hydroxyl groups is 1. The highest BCUT2D eigenvalue weighted by Gasteiger charge is 2.33. The van der Waals surface area contributed by atoms with Gasteiger partial charge in [-0.15, -0.1) is 0 Å². The second-order valence-electron chi connectivity index (χ2n) is 8.75. The zero-order valence-corrected chi connectivity index (χ0v) is 20.5. The van der Waals surface area contributed by atoms with E-state index < -0.39 is 60.4 Å². The molecule has 198 valence electrons. The van der Waals surface area contributed by atoms with Gasteiger partial charge in [0.25, 0.3) is 0 Å². The molecule has 0 bridgehead atoms. The van der Waals surface area contributed by atoms with E-state index in [1.807, 2.05) is 6.92 Å². The quantitative estimate of drug-likeness (QED) is 0.117. The molecule has 0 radical (unpaired) electrons. The van der Waals surface area contributed by atoms with Crippen molar-refractivity contribution in [3.63, 3.8) is 0 Å². The van der Waals surface area contributed by atoms with E-state index in [4.69, 9.17) is 10.8 Å². The fourth-order valence-corrected chi connectivity index (χ4v) is 3.49. The summed E-state index contributed by atoms with van der Waals surface area (Å²) in [4.78, 5) is 72.9. The number of amides is 5. The van der Waals surface area contributed by atoms with Gasteiger partial charge in [-0.25, -0.2) is 0 Å². The molecule has 0 aliphatic carbocycles. The van der Waals surface area contributed by atoms with Gasteiger partial charge in [0.2, 0.25) is 29.5 Å². The summed E-state index contributed by atoms with van der Waals surface area (Å²) >= 11 is 0. The number of hydrogen-bond acceptors (Lipinski definition) is 8. The molecule has 8 N–H and O–H groups in total. The van der Waals surface area contributed by atoms with Crippen LogP contribution >= 0.6 is 0 Å². The van der Waals surface area contributed by atoms with Crippen LogP contribution in [0.25, 0.3) is 0 Å². The topological polar surface area (TPSA) is 209 Å². The van der Waals surface area contributed by atoms with E-state index in [1.54, 1.807) is 6.92 Å². The second-order valence-corrected chi connectivity index (χ2v) is 8.75. The van der Waals surface area contributed by atoms with E-state index in [0.29, 0.717) is 25.7 Å². The van der Waals surface area contributed by atoms with Crippen molar-refractivity contribution in [3.05, 3.63) is 0 Å². The van der Waals surface area contributed by atoms with Crippen molar-refractivity contribution in [2.24, 2.45) is 11.7 Å². The van der Waals surface area contributed by atoms with E-state index in [2.05, 4.69) is 26.6 Å². The lowest BCUT2D eigenvalue weighted by atomic mass is 9.97. The second kappa shape index (κ2) is 15.0. The Labute approximate surface area is 204 Å². The summed E-state index contributed by atoms with van der Waals surface area (Å²) in [6.45, 7) is 5.12. The van der Waals surface area contributed by atoms with Crippen LogP contribution in [0.4, 0.5) is 0 Å². The number of nitrogens with one attached hydrogen (secondary N) is 5. The fraction of sp³-hybridized carbons (Fsp3) is 0.727. The minimum Gasteiger partial charge on any atom is -0.394 e. The molecule has 5 amide bonds. The van der Waals surface area contributed by atoms with Gasteiger partial charge in [-0.05, 0) is 38.6 Å². The lowest BCUT2D eigenvalue weighted by Gasteiger charge is -2.28. The highest BCUT2D eigenvalue weighted by molar-refractivity contribution is 5.95. The van der Waals surface area contributed by atoms with Gasteiger partial charge in [0, 0.05) is 6.42 Å². The van der Waals surface area contributed by atoms with Gasteiger partial charge in [0.15, 0.2) is 0 Å². The van der Waals surface area contributed by atoms with Gasteiger partial charge >= 0.3 is 0 Å². The van der Waals surface area contributed by atoms with Gasteiger partial charge in [-0.2, -0.15) is 0 Å². The molecule has 13 nitrogen and oxygen atoms in total. The van der Waals surface area contributed by atoms with Crippen LogP contribution in [0, 0.1) is 5.92 Å². The molecule has 0 aromatic heterocycles. The number of nitrogens with two attached hydrogens (primary N) is 1. The molecule has 13 heteroatoms. The van der Waals surface area contributed by atoms with E-state index in [0.717, 1.165) is 6.42 Å². The standard InChI is InChI=1S/C22H38N6O7/c1-4-12(2)18(28-20(33)15-6-5-9-24-15)22(35)27-16(7-8-17(23)31)21(34)25-13(3)19(32)26-14(10-29)11-30/h10,12-16,18,24,30H,4-9,11H2,1-3H3,(H2,23,31)(H,25,34)(H,26,32)(H,27,35)(H,28,33)/t12-,13-,14+,15-,16-,18-/m0/s1. The summed E-state index contributed by atoms with van der Waals surface area (Å²) in [5.41, 5.74) is 5.20. The number of aliphatic hydroxyl groups excluding tert-OH is 1. The van der Waals surface area contributed by atoms with E-state index >= 15 is 0 Å². The first-order valence-electron chi connectivity index (χ1n) is 11.8. The summed E-state index contributed by atoms with van der Waals surface area (Å²) in [6.07, 6.45) is 2.11. The number of aldehydes is 1. The Kier molecular flexibility index (Phi) is 12.9. The van der Waals surface area contributed by atoms with Crippen LogP contribution in [0.5, 0.6) is 0 Å². The molecule has 0 spiro atoms. The number of carbonyl (C=O) groups is 6. The van der Waals surface area contributed by atoms with Crippen LogP contribution in [-0.4, -0.2) is 84.3 Å². The molecular formula is C22H38N6O7. The lowest BCUT2D eigenvalue weighted by Crippen LogP contribution is -2.59. The van der Waals surface area contributed by atoms with E-state index in [-0.39, 0.29) is 24.7 Å². The molecule has 0 aromatic carbocycles. The normalized spacial score (nSPS) is 19.4. The molecule has 1 heterocycles. The predicted molar refractivity (Wildman–Crippen MR) is 125 cm³/mol. The Bertz CT molecular complexity index is 771. The summed E-state index contributed by atoms with van der Waals surface area (Å²) in [6, 6.07) is -4.75. The first-order valence-corrected chi connectivity index (χ1v) is 11.8. The zero-order chi connectivity index (χ0) is 26.5. The molecule has 1 fully saturated rings. The fourth-order valence-electron chi connectivity index (χ4n) is 3.49. The van der Waals surface area contributed by atoms with Crippen LogP contribution in [0.1, 0.15) is 52.9 Å². The molecular weight excluding hydrogens is 460 g/mol. The van der Waals surface area contributed by atoms with Gasteiger partial charge in [0.05, 0.1) is 12.6 Å². The summed E-state index contributed by atoms with van der Waals surface area (Å²) in [5.74, 6) is -3.31. The molecule has 6 atom stereocenters. The summed E-state index contributed by atoms with van der Waals surface area (Å²) in [5, 5.41) is 22.1. The van der Waals surface area contributed by atoms with Gasteiger partial charge in [0.1, 0.15) is 30.5 Å². The summed E-state index contributed by atoms with van der Waals surface area (Å²) < 4.78 is 0. The Morgan fingerprint density at radius 3 is 2.26 bits per heavy atom. The van der Waals surface area contributed by atoms with Crippen LogP contribution < -0.4 is 32.3 Å². The average molecular weight is 499 g/mol. The lowest BCUT2D eigenvalue weighted by molar-refractivity contribution is -0.135. The molecule has 0 aromatic rings. The van der Waals surface area contributed by atoms with Crippen LogP contribution in [0.2, 0.25) is 0 Å². The molecule has 1 aliphatic heterocycles. The van der Waals surface area contributed by atoms with Crippen molar-refractivity contribution in [1.29, 1.82) is 0 Å². The molecule has 0 saturated carbocycles. The maximum absolute atomic E-state index is 13.1. The van der Waals surface area contributed by atoms with Crippen LogP contribution in [0.15, 0.2) is 0 Å².